The molecule has 0 saturated carbocycles. The van der Waals surface area contributed by atoms with Crippen molar-refractivity contribution in [2.75, 3.05) is 18.4 Å². The van der Waals surface area contributed by atoms with Crippen molar-refractivity contribution >= 4 is 26.6 Å². The summed E-state index contributed by atoms with van der Waals surface area (Å²) in [4.78, 5) is 13.6. The van der Waals surface area contributed by atoms with Gasteiger partial charge in [-0.3, -0.25) is 0 Å². The molecule has 232 valence electrons. The monoisotopic (exact) mass is 629 g/mol. The number of hydrogen-bond acceptors (Lipinski definition) is 8. The van der Waals surface area contributed by atoms with E-state index in [1.807, 2.05) is 13.0 Å². The minimum absolute atomic E-state index is 0.00478. The number of ether oxygens (including phenoxy) is 1. The van der Waals surface area contributed by atoms with Crippen LogP contribution in [0.5, 0.6) is 11.6 Å². The highest BCUT2D eigenvalue weighted by atomic mass is 32.2. The van der Waals surface area contributed by atoms with Crippen molar-refractivity contribution < 1.29 is 21.9 Å². The summed E-state index contributed by atoms with van der Waals surface area (Å²) < 4.78 is 62.6. The Morgan fingerprint density at radius 1 is 0.956 bits per heavy atom. The third-order valence-corrected chi connectivity index (χ3v) is 9.36. The number of anilines is 1. The smallest absolute Gasteiger partial charge is 0.228 e. The van der Waals surface area contributed by atoms with E-state index in [9.17, 15) is 12.8 Å². The molecule has 0 radical (unpaired) electrons. The minimum atomic E-state index is -3.93. The van der Waals surface area contributed by atoms with Crippen molar-refractivity contribution in [2.24, 2.45) is 0 Å². The van der Waals surface area contributed by atoms with Gasteiger partial charge in [0.05, 0.1) is 22.8 Å². The highest BCUT2D eigenvalue weighted by Gasteiger charge is 2.23. The van der Waals surface area contributed by atoms with Gasteiger partial charge < -0.3 is 15.4 Å². The van der Waals surface area contributed by atoms with Crippen molar-refractivity contribution in [1.29, 1.82) is 0 Å². The van der Waals surface area contributed by atoms with Crippen LogP contribution < -0.4 is 15.4 Å². The summed E-state index contributed by atoms with van der Waals surface area (Å²) in [6.07, 6.45) is 5.38. The third-order valence-electron chi connectivity index (χ3n) is 7.88. The fourth-order valence-electron chi connectivity index (χ4n) is 5.58. The first kappa shape index (κ1) is 30.5. The lowest BCUT2D eigenvalue weighted by Crippen LogP contribution is -2.38. The Kier molecular flexibility index (Phi) is 8.73. The molecule has 11 heteroatoms. The second-order valence-electron chi connectivity index (χ2n) is 11.4. The predicted molar refractivity (Wildman–Crippen MR) is 171 cm³/mol. The number of benzene rings is 3. The Morgan fingerprint density at radius 3 is 2.60 bits per heavy atom. The fraction of sp³-hybridized carbons (Fsp3) is 0.265. The molecule has 6 rings (SSSR count). The number of piperidine rings is 1. The van der Waals surface area contributed by atoms with E-state index < -0.39 is 33.0 Å². The quantitative estimate of drug-likeness (QED) is 0.187. The van der Waals surface area contributed by atoms with Gasteiger partial charge >= 0.3 is 0 Å². The van der Waals surface area contributed by atoms with Crippen molar-refractivity contribution in [3.05, 3.63) is 107 Å². The first-order valence-corrected chi connectivity index (χ1v) is 16.6. The Bertz CT molecular complexity index is 1980. The van der Waals surface area contributed by atoms with Crippen LogP contribution in [0, 0.1) is 25.5 Å². The lowest BCUT2D eigenvalue weighted by Gasteiger charge is -2.23. The largest absolute Gasteiger partial charge is 0.437 e. The van der Waals surface area contributed by atoms with E-state index in [0.717, 1.165) is 31.5 Å². The van der Waals surface area contributed by atoms with Crippen molar-refractivity contribution in [3.63, 3.8) is 0 Å². The predicted octanol–water partition coefficient (Wildman–Crippen LogP) is 6.66. The van der Waals surface area contributed by atoms with Gasteiger partial charge in [0.2, 0.25) is 11.8 Å². The zero-order valence-electron chi connectivity index (χ0n) is 25.0. The van der Waals surface area contributed by atoms with Crippen LogP contribution in [0.1, 0.15) is 35.1 Å². The molecule has 2 aromatic heterocycles. The second kappa shape index (κ2) is 12.9. The van der Waals surface area contributed by atoms with Gasteiger partial charge in [0.1, 0.15) is 17.4 Å². The zero-order chi connectivity index (χ0) is 31.6. The van der Waals surface area contributed by atoms with Gasteiger partial charge in [-0.1, -0.05) is 24.3 Å². The molecule has 0 unspecified atom stereocenters. The highest BCUT2D eigenvalue weighted by Crippen LogP contribution is 2.38. The number of halogens is 2. The molecule has 3 heterocycles. The minimum Gasteiger partial charge on any atom is -0.437 e. The van der Waals surface area contributed by atoms with Crippen molar-refractivity contribution in [1.82, 2.24) is 20.3 Å². The topological polar surface area (TPSA) is 106 Å². The summed E-state index contributed by atoms with van der Waals surface area (Å²) >= 11 is 0. The lowest BCUT2D eigenvalue weighted by molar-refractivity contribution is 0.466. The molecule has 1 fully saturated rings. The molecule has 1 saturated heterocycles. The van der Waals surface area contributed by atoms with Gasteiger partial charge in [-0.15, -0.1) is 0 Å². The van der Waals surface area contributed by atoms with Gasteiger partial charge in [-0.05, 0) is 86.1 Å². The maximum absolute atomic E-state index is 15.3. The number of hydrogen-bond donors (Lipinski definition) is 2. The average Bonchev–Trinajstić information content (AvgIpc) is 3.02. The Labute approximate surface area is 260 Å². The van der Waals surface area contributed by atoms with Crippen LogP contribution in [0.25, 0.3) is 22.0 Å². The maximum atomic E-state index is 15.3. The number of rotatable bonds is 9. The summed E-state index contributed by atoms with van der Waals surface area (Å²) in [7, 11) is -3.93. The van der Waals surface area contributed by atoms with Crippen molar-refractivity contribution in [2.45, 2.75) is 44.2 Å². The van der Waals surface area contributed by atoms with E-state index >= 15 is 4.39 Å². The van der Waals surface area contributed by atoms with Crippen LogP contribution in [0.4, 0.5) is 14.7 Å². The lowest BCUT2D eigenvalue weighted by atomic mass is 10.0. The first-order valence-electron chi connectivity index (χ1n) is 14.8. The van der Waals surface area contributed by atoms with Crippen LogP contribution in [0.2, 0.25) is 0 Å². The van der Waals surface area contributed by atoms with Gasteiger partial charge in [-0.2, -0.15) is 0 Å². The number of nitrogens with one attached hydrogen (secondary N) is 2. The molecular weight excluding hydrogens is 596 g/mol. The summed E-state index contributed by atoms with van der Waals surface area (Å²) in [5, 5.41) is 7.67. The highest BCUT2D eigenvalue weighted by molar-refractivity contribution is 7.89. The van der Waals surface area contributed by atoms with E-state index in [1.54, 1.807) is 55.7 Å². The average molecular weight is 630 g/mol. The molecule has 45 heavy (non-hydrogen) atoms. The molecule has 1 aliphatic rings. The summed E-state index contributed by atoms with van der Waals surface area (Å²) in [5.41, 5.74) is 2.71. The Balaban J connectivity index is 1.32. The van der Waals surface area contributed by atoms with Crippen LogP contribution in [0.15, 0.2) is 73.1 Å². The first-order chi connectivity index (χ1) is 21.7. The molecule has 2 N–H and O–H groups in total. The molecule has 0 amide bonds. The second-order valence-corrected chi connectivity index (χ2v) is 13.4. The van der Waals surface area contributed by atoms with Gasteiger partial charge in [0.25, 0.3) is 0 Å². The van der Waals surface area contributed by atoms with Gasteiger partial charge in [0.15, 0.2) is 9.84 Å². The molecule has 8 nitrogen and oxygen atoms in total. The molecule has 0 aliphatic carbocycles. The standard InChI is InChI=1S/C34H33F2N5O3S/c1-21-7-9-23(30(36)17-21)19-45(42,43)20-28-25-10-8-22(2)32(26(25)11-12-29(28)35)44-33-27(6-4-15-38-33)31-13-16-39-34(41-31)40-24-5-3-14-37-18-24/h4,6-13,15-17,24,37H,3,5,14,18-20H2,1-2H3,(H,39,40,41)/t24-/m0/s1. The summed E-state index contributed by atoms with van der Waals surface area (Å²) in [5.74, 6) is -1.22. The summed E-state index contributed by atoms with van der Waals surface area (Å²) in [6.45, 7) is 5.41. The van der Waals surface area contributed by atoms with Crippen LogP contribution in [-0.2, 0) is 21.3 Å². The summed E-state index contributed by atoms with van der Waals surface area (Å²) in [6, 6.07) is 16.2. The fourth-order valence-corrected chi connectivity index (χ4v) is 7.13. The Morgan fingerprint density at radius 2 is 1.80 bits per heavy atom. The number of nitrogens with zero attached hydrogens (tertiary/aromatic N) is 3. The number of sulfone groups is 1. The SMILES string of the molecule is Cc1ccc(CS(=O)(=O)Cc2c(F)ccc3c(Oc4ncccc4-c4ccnc(N[C@H]5CCCNC5)n4)c(C)ccc23)c(F)c1. The van der Waals surface area contributed by atoms with Crippen LogP contribution in [0.3, 0.4) is 0 Å². The molecule has 1 atom stereocenters. The zero-order valence-corrected chi connectivity index (χ0v) is 25.8. The van der Waals surface area contributed by atoms with Gasteiger partial charge in [-0.25, -0.2) is 32.2 Å². The molecule has 5 aromatic rings. The number of pyridine rings is 1. The van der Waals surface area contributed by atoms with Gasteiger partial charge in [0, 0.05) is 41.5 Å². The molecule has 0 spiro atoms. The molecule has 0 bridgehead atoms. The molecule has 3 aromatic carbocycles. The normalized spacial score (nSPS) is 15.2. The maximum Gasteiger partial charge on any atom is 0.228 e. The third kappa shape index (κ3) is 6.94. The van der Waals surface area contributed by atoms with E-state index in [4.69, 9.17) is 9.72 Å². The van der Waals surface area contributed by atoms with Crippen LogP contribution in [-0.4, -0.2) is 42.5 Å². The number of fused-ring (bicyclic) bond motifs is 1. The van der Waals surface area contributed by atoms with E-state index in [1.165, 1.54) is 18.2 Å². The molecular formula is C34H33F2N5O3S. The van der Waals surface area contributed by atoms with Crippen molar-refractivity contribution in [3.8, 4) is 22.9 Å². The van der Waals surface area contributed by atoms with Crippen LogP contribution >= 0.6 is 0 Å². The van der Waals surface area contributed by atoms with E-state index in [0.29, 0.717) is 39.3 Å². The Hall–Kier alpha value is -4.48. The number of aryl methyl sites for hydroxylation is 2. The number of aromatic nitrogens is 3. The van der Waals surface area contributed by atoms with E-state index in [2.05, 4.69) is 20.6 Å². The van der Waals surface area contributed by atoms with E-state index in [-0.39, 0.29) is 23.0 Å². The molecule has 1 aliphatic heterocycles.